The summed E-state index contributed by atoms with van der Waals surface area (Å²) in [5.74, 6) is -3.20. The second-order valence-corrected chi connectivity index (χ2v) is 9.07. The number of nitrogens with zero attached hydrogens (tertiary/aromatic N) is 4. The molecule has 0 saturated heterocycles. The van der Waals surface area contributed by atoms with Gasteiger partial charge in [0.2, 0.25) is 0 Å². The van der Waals surface area contributed by atoms with E-state index in [1.807, 2.05) is 0 Å². The summed E-state index contributed by atoms with van der Waals surface area (Å²) in [6, 6.07) is 0.620. The number of thiazole rings is 1. The van der Waals surface area contributed by atoms with Crippen LogP contribution in [0.5, 0.6) is 0 Å². The van der Waals surface area contributed by atoms with Crippen LogP contribution in [0, 0.1) is 0 Å². The van der Waals surface area contributed by atoms with Gasteiger partial charge in [0, 0.05) is 18.5 Å². The number of alkyl halides is 3. The van der Waals surface area contributed by atoms with Crippen molar-refractivity contribution in [3.63, 3.8) is 0 Å². The molecule has 0 saturated carbocycles. The lowest BCUT2D eigenvalue weighted by atomic mass is 10.0. The molecule has 3 rings (SSSR count). The predicted octanol–water partition coefficient (Wildman–Crippen LogP) is 4.78. The number of nitrogens with one attached hydrogen (secondary N) is 2. The monoisotopic (exact) mass is 562 g/mol. The van der Waals surface area contributed by atoms with E-state index in [2.05, 4.69) is 30.6 Å². The normalized spacial score (nSPS) is 12.2. The minimum Gasteiger partial charge on any atom is -0.480 e. The van der Waals surface area contributed by atoms with Crippen molar-refractivity contribution < 1.29 is 32.7 Å². The highest BCUT2D eigenvalue weighted by molar-refractivity contribution is 7.13. The average Bonchev–Trinajstić information content (AvgIpc) is 3.29. The number of hydrogen-bond acceptors (Lipinski definition) is 9. The molecule has 3 aromatic rings. The lowest BCUT2D eigenvalue weighted by Gasteiger charge is -2.11. The minimum atomic E-state index is -4.72. The standard InChI is InChI=1S/C20H15Cl2F3N6O4S/c1-8(2-11(32)16-15(22)17(30-7-29-16)27-6-14(33)34)19-28-5-12(36-19)18(35)31-13-3-9(20(23,24)25)10(21)4-26-13/h3-5,7-8H,2,6H2,1H3,(H,33,34)(H,26,31,35)(H,27,29,30). The molecule has 190 valence electrons. The first-order chi connectivity index (χ1) is 16.9. The highest BCUT2D eigenvalue weighted by Crippen LogP contribution is 2.35. The molecule has 10 nitrogen and oxygen atoms in total. The smallest absolute Gasteiger partial charge is 0.418 e. The molecule has 0 radical (unpaired) electrons. The third-order valence-electron chi connectivity index (χ3n) is 4.52. The number of rotatable bonds is 9. The van der Waals surface area contributed by atoms with Crippen LogP contribution in [0.2, 0.25) is 10.0 Å². The number of amides is 1. The maximum absolute atomic E-state index is 13.0. The number of carbonyl (C=O) groups is 3. The highest BCUT2D eigenvalue weighted by Gasteiger charge is 2.34. The zero-order chi connectivity index (χ0) is 26.6. The van der Waals surface area contributed by atoms with Gasteiger partial charge < -0.3 is 15.7 Å². The van der Waals surface area contributed by atoms with Crippen molar-refractivity contribution in [2.24, 2.45) is 0 Å². The van der Waals surface area contributed by atoms with Gasteiger partial charge in [-0.2, -0.15) is 13.2 Å². The van der Waals surface area contributed by atoms with Crippen LogP contribution in [0.3, 0.4) is 0 Å². The van der Waals surface area contributed by atoms with Crippen molar-refractivity contribution in [1.82, 2.24) is 19.9 Å². The number of anilines is 2. The third-order valence-corrected chi connectivity index (χ3v) is 6.41. The third kappa shape index (κ3) is 6.65. The SMILES string of the molecule is CC(CC(=O)c1ncnc(NCC(=O)O)c1Cl)c1ncc(C(=O)Nc2cc(C(F)(F)F)c(Cl)cn2)s1. The fourth-order valence-electron chi connectivity index (χ4n) is 2.83. The topological polar surface area (TPSA) is 147 Å². The summed E-state index contributed by atoms with van der Waals surface area (Å²) in [5.41, 5.74) is -1.26. The molecule has 0 fully saturated rings. The predicted molar refractivity (Wildman–Crippen MR) is 125 cm³/mol. The first-order valence-corrected chi connectivity index (χ1v) is 11.4. The van der Waals surface area contributed by atoms with Crippen molar-refractivity contribution >= 4 is 63.8 Å². The molecule has 36 heavy (non-hydrogen) atoms. The van der Waals surface area contributed by atoms with Crippen molar-refractivity contribution in [1.29, 1.82) is 0 Å². The largest absolute Gasteiger partial charge is 0.480 e. The van der Waals surface area contributed by atoms with E-state index in [1.54, 1.807) is 6.92 Å². The zero-order valence-corrected chi connectivity index (χ0v) is 20.4. The summed E-state index contributed by atoms with van der Waals surface area (Å²) in [6.45, 7) is 1.21. The van der Waals surface area contributed by atoms with Crippen molar-refractivity contribution in [2.45, 2.75) is 25.4 Å². The van der Waals surface area contributed by atoms with Gasteiger partial charge in [-0.3, -0.25) is 14.4 Å². The molecule has 16 heteroatoms. The molecule has 0 aliphatic carbocycles. The molecule has 0 aliphatic heterocycles. The quantitative estimate of drug-likeness (QED) is 0.313. The maximum Gasteiger partial charge on any atom is 0.418 e. The van der Waals surface area contributed by atoms with Crippen LogP contribution in [0.15, 0.2) is 24.8 Å². The number of aromatic nitrogens is 4. The van der Waals surface area contributed by atoms with Gasteiger partial charge in [0.05, 0.1) is 21.8 Å². The Morgan fingerprint density at radius 3 is 2.53 bits per heavy atom. The zero-order valence-electron chi connectivity index (χ0n) is 18.1. The second kappa shape index (κ2) is 11.1. The molecule has 0 spiro atoms. The highest BCUT2D eigenvalue weighted by atomic mass is 35.5. The molecule has 0 aliphatic rings. The van der Waals surface area contributed by atoms with Crippen LogP contribution in [0.4, 0.5) is 24.8 Å². The number of carboxylic acid groups (broad SMARTS) is 1. The Morgan fingerprint density at radius 2 is 1.86 bits per heavy atom. The van der Waals surface area contributed by atoms with Gasteiger partial charge in [0.15, 0.2) is 5.78 Å². The second-order valence-electron chi connectivity index (χ2n) is 7.22. The molecule has 1 amide bonds. The fraction of sp³-hybridized carbons (Fsp3) is 0.250. The van der Waals surface area contributed by atoms with E-state index in [9.17, 15) is 27.6 Å². The van der Waals surface area contributed by atoms with Gasteiger partial charge in [0.25, 0.3) is 5.91 Å². The number of Topliss-reactive ketones (excluding diaryl/α,β-unsaturated/α-hetero) is 1. The van der Waals surface area contributed by atoms with E-state index >= 15 is 0 Å². The van der Waals surface area contributed by atoms with Crippen molar-refractivity contribution in [2.75, 3.05) is 17.2 Å². The Balaban J connectivity index is 1.68. The van der Waals surface area contributed by atoms with E-state index in [-0.39, 0.29) is 33.7 Å². The van der Waals surface area contributed by atoms with Gasteiger partial charge >= 0.3 is 12.1 Å². The molecule has 1 atom stereocenters. The van der Waals surface area contributed by atoms with Crippen LogP contribution < -0.4 is 10.6 Å². The minimum absolute atomic E-state index is 0.0113. The first kappa shape index (κ1) is 27.2. The Hall–Kier alpha value is -3.36. The van der Waals surface area contributed by atoms with Gasteiger partial charge in [-0.25, -0.2) is 19.9 Å². The lowest BCUT2D eigenvalue weighted by Crippen LogP contribution is -2.15. The number of aliphatic carboxylic acids is 1. The van der Waals surface area contributed by atoms with Crippen LogP contribution in [-0.4, -0.2) is 49.2 Å². The molecule has 0 aromatic carbocycles. The molecule has 3 heterocycles. The Labute approximate surface area is 214 Å². The molecule has 1 unspecified atom stereocenters. The van der Waals surface area contributed by atoms with E-state index in [4.69, 9.17) is 28.3 Å². The molecular weight excluding hydrogens is 548 g/mol. The maximum atomic E-state index is 13.0. The van der Waals surface area contributed by atoms with Crippen molar-refractivity contribution in [3.8, 4) is 0 Å². The summed E-state index contributed by atoms with van der Waals surface area (Å²) >= 11 is 12.6. The molecular formula is C20H15Cl2F3N6O4S. The van der Waals surface area contributed by atoms with Gasteiger partial charge in [-0.15, -0.1) is 11.3 Å². The Kier molecular flexibility index (Phi) is 8.43. The first-order valence-electron chi connectivity index (χ1n) is 9.86. The summed E-state index contributed by atoms with van der Waals surface area (Å²) in [4.78, 5) is 51.5. The Bertz CT molecular complexity index is 1320. The molecule has 0 bridgehead atoms. The summed E-state index contributed by atoms with van der Waals surface area (Å²) in [6.07, 6.45) is -1.75. The molecule has 3 N–H and O–H groups in total. The molecule has 3 aromatic heterocycles. The lowest BCUT2D eigenvalue weighted by molar-refractivity contribution is -0.137. The van der Waals surface area contributed by atoms with E-state index in [1.165, 1.54) is 6.20 Å². The van der Waals surface area contributed by atoms with Gasteiger partial charge in [-0.05, 0) is 6.07 Å². The number of carbonyl (C=O) groups excluding carboxylic acids is 2. The van der Waals surface area contributed by atoms with Crippen LogP contribution in [0.25, 0.3) is 0 Å². The van der Waals surface area contributed by atoms with Crippen LogP contribution in [-0.2, 0) is 11.0 Å². The van der Waals surface area contributed by atoms with E-state index in [0.29, 0.717) is 11.1 Å². The van der Waals surface area contributed by atoms with Gasteiger partial charge in [0.1, 0.15) is 40.1 Å². The van der Waals surface area contributed by atoms with Gasteiger partial charge in [-0.1, -0.05) is 30.1 Å². The van der Waals surface area contributed by atoms with Crippen LogP contribution in [0.1, 0.15) is 50.0 Å². The summed E-state index contributed by atoms with van der Waals surface area (Å²) in [7, 11) is 0. The summed E-state index contributed by atoms with van der Waals surface area (Å²) in [5, 5.41) is 13.2. The average molecular weight is 563 g/mol. The number of hydrogen-bond donors (Lipinski definition) is 3. The van der Waals surface area contributed by atoms with E-state index < -0.39 is 46.9 Å². The number of halogens is 5. The number of carboxylic acids is 1. The fourth-order valence-corrected chi connectivity index (χ4v) is 4.18. The number of pyridine rings is 1. The van der Waals surface area contributed by atoms with Crippen LogP contribution >= 0.6 is 34.5 Å². The Morgan fingerprint density at radius 1 is 1.14 bits per heavy atom. The van der Waals surface area contributed by atoms with E-state index in [0.717, 1.165) is 23.9 Å². The number of ketones is 1. The van der Waals surface area contributed by atoms with Crippen molar-refractivity contribution in [3.05, 3.63) is 56.0 Å². The summed E-state index contributed by atoms with van der Waals surface area (Å²) < 4.78 is 39.1.